The summed E-state index contributed by atoms with van der Waals surface area (Å²) in [6.45, 7) is 2.04. The van der Waals surface area contributed by atoms with Crippen molar-refractivity contribution >= 4 is 17.5 Å². The molecule has 0 unspecified atom stereocenters. The normalized spacial score (nSPS) is 12.7. The van der Waals surface area contributed by atoms with Gasteiger partial charge >= 0.3 is 6.18 Å². The third-order valence-corrected chi connectivity index (χ3v) is 3.45. The largest absolute Gasteiger partial charge is 0.405 e. The number of aromatic nitrogens is 3. The number of rotatable bonds is 6. The zero-order chi connectivity index (χ0) is 19.3. The van der Waals surface area contributed by atoms with E-state index < -0.39 is 24.7 Å². The van der Waals surface area contributed by atoms with Crippen molar-refractivity contribution in [2.75, 3.05) is 17.6 Å². The van der Waals surface area contributed by atoms with Crippen molar-refractivity contribution in [2.45, 2.75) is 26.1 Å². The van der Waals surface area contributed by atoms with Gasteiger partial charge in [-0.2, -0.15) is 13.2 Å². The predicted molar refractivity (Wildman–Crippen MR) is 91.0 cm³/mol. The molecule has 140 valence electrons. The number of carbonyl (C=O) groups excluding carboxylic acids is 1. The second-order valence-electron chi connectivity index (χ2n) is 5.90. The van der Waals surface area contributed by atoms with E-state index in [0.29, 0.717) is 17.2 Å². The van der Waals surface area contributed by atoms with Crippen LogP contribution in [-0.2, 0) is 4.79 Å². The fourth-order valence-electron chi connectivity index (χ4n) is 2.17. The van der Waals surface area contributed by atoms with Crippen LogP contribution in [0.4, 0.5) is 24.8 Å². The number of alkyl halides is 3. The van der Waals surface area contributed by atoms with Gasteiger partial charge in [0.05, 0.1) is 5.56 Å². The van der Waals surface area contributed by atoms with Crippen molar-refractivity contribution in [1.82, 2.24) is 20.3 Å². The molecule has 2 heterocycles. The zero-order valence-electron chi connectivity index (χ0n) is 14.2. The minimum Gasteiger partial charge on any atom is -0.383 e. The summed E-state index contributed by atoms with van der Waals surface area (Å²) in [4.78, 5) is 24.4. The molecule has 26 heavy (non-hydrogen) atoms. The quantitative estimate of drug-likeness (QED) is 0.722. The first-order valence-electron chi connectivity index (χ1n) is 7.82. The number of nitrogens with zero attached hydrogens (tertiary/aromatic N) is 3. The fraction of sp³-hybridized carbons (Fsp3) is 0.375. The highest BCUT2D eigenvalue weighted by Crippen LogP contribution is 2.21. The maximum atomic E-state index is 12.3. The minimum absolute atomic E-state index is 0.243. The summed E-state index contributed by atoms with van der Waals surface area (Å²) in [6, 6.07) is 3.99. The molecular weight excluding hydrogens is 349 g/mol. The van der Waals surface area contributed by atoms with Crippen LogP contribution in [0.25, 0.3) is 11.4 Å². The molecule has 0 bridgehead atoms. The summed E-state index contributed by atoms with van der Waals surface area (Å²) >= 11 is 0. The lowest BCUT2D eigenvalue weighted by atomic mass is 10.0. The number of nitrogen functional groups attached to an aromatic ring is 1. The molecule has 0 fully saturated rings. The van der Waals surface area contributed by atoms with Crippen LogP contribution in [0.15, 0.2) is 30.6 Å². The summed E-state index contributed by atoms with van der Waals surface area (Å²) in [5.74, 6) is -0.214. The Bertz CT molecular complexity index is 766. The highest BCUT2D eigenvalue weighted by Gasteiger charge is 2.30. The summed E-state index contributed by atoms with van der Waals surface area (Å²) in [5.41, 5.74) is 6.31. The van der Waals surface area contributed by atoms with Crippen LogP contribution in [0.1, 0.15) is 13.8 Å². The number of amides is 1. The van der Waals surface area contributed by atoms with Gasteiger partial charge in [-0.1, -0.05) is 13.8 Å². The Morgan fingerprint density at radius 1 is 1.23 bits per heavy atom. The highest BCUT2D eigenvalue weighted by molar-refractivity contribution is 5.84. The van der Waals surface area contributed by atoms with Gasteiger partial charge in [-0.3, -0.25) is 4.79 Å². The van der Waals surface area contributed by atoms with Crippen LogP contribution >= 0.6 is 0 Å². The van der Waals surface area contributed by atoms with Crippen molar-refractivity contribution in [3.8, 4) is 11.4 Å². The first-order valence-corrected chi connectivity index (χ1v) is 7.82. The van der Waals surface area contributed by atoms with Gasteiger partial charge in [-0.15, -0.1) is 0 Å². The van der Waals surface area contributed by atoms with Crippen molar-refractivity contribution in [2.24, 2.45) is 5.92 Å². The Labute approximate surface area is 148 Å². The third kappa shape index (κ3) is 5.30. The number of anilines is 2. The molecule has 0 saturated heterocycles. The Morgan fingerprint density at radius 2 is 1.96 bits per heavy atom. The van der Waals surface area contributed by atoms with Gasteiger partial charge in [0.25, 0.3) is 0 Å². The number of carbonyl (C=O) groups is 1. The third-order valence-electron chi connectivity index (χ3n) is 3.45. The standard InChI is InChI=1S/C16H19F3N6O/c1-9(2)12(15(26)23-8-16(17,18)19)24-11-5-7-22-14(25-11)10-4-3-6-21-13(10)20/h3-7,9,12H,8H2,1-2H3,(H2,20,21)(H,23,26)(H,22,24,25)/t12-/m0/s1. The van der Waals surface area contributed by atoms with E-state index in [1.54, 1.807) is 26.0 Å². The van der Waals surface area contributed by atoms with Gasteiger partial charge in [0.1, 0.15) is 24.2 Å². The van der Waals surface area contributed by atoms with Crippen LogP contribution in [0.5, 0.6) is 0 Å². The molecule has 4 N–H and O–H groups in total. The Kier molecular flexibility index (Phi) is 5.96. The molecule has 0 aromatic carbocycles. The molecule has 0 aliphatic heterocycles. The van der Waals surface area contributed by atoms with E-state index in [2.05, 4.69) is 20.3 Å². The zero-order valence-corrected chi connectivity index (χ0v) is 14.2. The second-order valence-corrected chi connectivity index (χ2v) is 5.90. The molecule has 10 heteroatoms. The molecule has 0 spiro atoms. The van der Waals surface area contributed by atoms with E-state index >= 15 is 0 Å². The molecule has 0 saturated carbocycles. The maximum absolute atomic E-state index is 12.3. The lowest BCUT2D eigenvalue weighted by Gasteiger charge is -2.22. The van der Waals surface area contributed by atoms with Crippen molar-refractivity contribution in [3.05, 3.63) is 30.6 Å². The SMILES string of the molecule is CC(C)[C@H](Nc1ccnc(-c2cccnc2N)n1)C(=O)NCC(F)(F)F. The number of halogens is 3. The average molecular weight is 368 g/mol. The van der Waals surface area contributed by atoms with E-state index in [4.69, 9.17) is 5.73 Å². The number of pyridine rings is 1. The molecule has 0 radical (unpaired) electrons. The molecule has 7 nitrogen and oxygen atoms in total. The van der Waals surface area contributed by atoms with Crippen LogP contribution < -0.4 is 16.4 Å². The summed E-state index contributed by atoms with van der Waals surface area (Å²) < 4.78 is 36.9. The molecule has 1 amide bonds. The van der Waals surface area contributed by atoms with Gasteiger partial charge in [-0.25, -0.2) is 15.0 Å². The van der Waals surface area contributed by atoms with E-state index in [9.17, 15) is 18.0 Å². The monoisotopic (exact) mass is 368 g/mol. The molecule has 0 aliphatic rings. The Hall–Kier alpha value is -2.91. The van der Waals surface area contributed by atoms with Crippen LogP contribution in [0.3, 0.4) is 0 Å². The van der Waals surface area contributed by atoms with Crippen LogP contribution in [0.2, 0.25) is 0 Å². The maximum Gasteiger partial charge on any atom is 0.405 e. The van der Waals surface area contributed by atoms with E-state index in [-0.39, 0.29) is 11.7 Å². The van der Waals surface area contributed by atoms with E-state index in [0.717, 1.165) is 0 Å². The Balaban J connectivity index is 2.18. The minimum atomic E-state index is -4.48. The van der Waals surface area contributed by atoms with Crippen molar-refractivity contribution in [1.29, 1.82) is 0 Å². The number of nitrogens with two attached hydrogens (primary N) is 1. The Morgan fingerprint density at radius 3 is 2.58 bits per heavy atom. The van der Waals surface area contributed by atoms with Crippen molar-refractivity contribution in [3.63, 3.8) is 0 Å². The first kappa shape index (κ1) is 19.4. The smallest absolute Gasteiger partial charge is 0.383 e. The van der Waals surface area contributed by atoms with Gasteiger partial charge in [0.2, 0.25) is 5.91 Å². The van der Waals surface area contributed by atoms with Gasteiger partial charge in [-0.05, 0) is 24.1 Å². The van der Waals surface area contributed by atoms with Gasteiger partial charge < -0.3 is 16.4 Å². The molecule has 0 aliphatic carbocycles. The van der Waals surface area contributed by atoms with Crippen LogP contribution in [-0.4, -0.2) is 39.6 Å². The molecule has 2 aromatic rings. The van der Waals surface area contributed by atoms with Crippen LogP contribution in [0, 0.1) is 5.92 Å². The summed E-state index contributed by atoms with van der Waals surface area (Å²) in [6.07, 6.45) is -1.49. The lowest BCUT2D eigenvalue weighted by molar-refractivity contribution is -0.139. The molecular formula is C16H19F3N6O. The second kappa shape index (κ2) is 7.98. The summed E-state index contributed by atoms with van der Waals surface area (Å²) in [7, 11) is 0. The number of hydrogen-bond acceptors (Lipinski definition) is 6. The van der Waals surface area contributed by atoms with Crippen molar-refractivity contribution < 1.29 is 18.0 Å². The lowest BCUT2D eigenvalue weighted by Crippen LogP contribution is -2.46. The average Bonchev–Trinajstić information content (AvgIpc) is 2.57. The van der Waals surface area contributed by atoms with E-state index in [1.807, 2.05) is 5.32 Å². The molecule has 1 atom stereocenters. The van der Waals surface area contributed by atoms with E-state index in [1.165, 1.54) is 18.5 Å². The molecule has 2 rings (SSSR count). The topological polar surface area (TPSA) is 106 Å². The number of hydrogen-bond donors (Lipinski definition) is 3. The van der Waals surface area contributed by atoms with Gasteiger partial charge in [0.15, 0.2) is 5.82 Å². The van der Waals surface area contributed by atoms with Gasteiger partial charge in [0, 0.05) is 12.4 Å². The predicted octanol–water partition coefficient (Wildman–Crippen LogP) is 2.24. The fourth-order valence-corrected chi connectivity index (χ4v) is 2.17. The number of nitrogens with one attached hydrogen (secondary N) is 2. The summed E-state index contributed by atoms with van der Waals surface area (Å²) in [5, 5.41) is 4.73. The first-order chi connectivity index (χ1) is 12.2. The highest BCUT2D eigenvalue weighted by atomic mass is 19.4. The molecule has 2 aromatic heterocycles.